The fraction of sp³-hybridized carbons (Fsp3) is 0.643. The zero-order valence-electron chi connectivity index (χ0n) is 13.3. The summed E-state index contributed by atoms with van der Waals surface area (Å²) in [5, 5.41) is 9.06. The van der Waals surface area contributed by atoms with Crippen LogP contribution in [0.2, 0.25) is 0 Å². The largest absolute Gasteiger partial charge is 0.406 e. The Morgan fingerprint density at radius 1 is 1.46 bits per heavy atom. The zero-order valence-corrected chi connectivity index (χ0v) is 13.3. The van der Waals surface area contributed by atoms with Crippen molar-refractivity contribution >= 4 is 11.9 Å². The fourth-order valence-corrected chi connectivity index (χ4v) is 2.55. The fourth-order valence-electron chi connectivity index (χ4n) is 2.55. The van der Waals surface area contributed by atoms with Crippen LogP contribution in [-0.2, 0) is 18.3 Å². The van der Waals surface area contributed by atoms with Gasteiger partial charge in [0.15, 0.2) is 0 Å². The maximum absolute atomic E-state index is 12.3. The quantitative estimate of drug-likeness (QED) is 0.748. The van der Waals surface area contributed by atoms with Crippen molar-refractivity contribution in [1.29, 1.82) is 0 Å². The molecule has 7 nitrogen and oxygen atoms in total. The van der Waals surface area contributed by atoms with Gasteiger partial charge < -0.3 is 15.5 Å². The van der Waals surface area contributed by atoms with Crippen molar-refractivity contribution in [2.24, 2.45) is 7.05 Å². The molecule has 134 valence electrons. The highest BCUT2D eigenvalue weighted by Crippen LogP contribution is 2.20. The molecular weight excluding hydrogens is 327 g/mol. The predicted molar refractivity (Wildman–Crippen MR) is 79.1 cm³/mol. The summed E-state index contributed by atoms with van der Waals surface area (Å²) in [5.74, 6) is -0.696. The first kappa shape index (κ1) is 18.1. The smallest absolute Gasteiger partial charge is 0.338 e. The van der Waals surface area contributed by atoms with Crippen molar-refractivity contribution < 1.29 is 22.8 Å². The maximum atomic E-state index is 12.3. The van der Waals surface area contributed by atoms with E-state index in [0.29, 0.717) is 17.9 Å². The third-order valence-electron chi connectivity index (χ3n) is 3.66. The second-order valence-electron chi connectivity index (χ2n) is 5.74. The molecular formula is C14H20F3N5O2. The molecule has 0 bridgehead atoms. The van der Waals surface area contributed by atoms with Gasteiger partial charge in [0.25, 0.3) is 0 Å². The number of nitrogens with one attached hydrogen (secondary N) is 2. The molecule has 2 N–H and O–H groups in total. The zero-order chi connectivity index (χ0) is 17.7. The SMILES string of the molecule is Cn1cc(CCCNC(=O)N[C@H]2CCN(CC(F)(F)F)C2=O)cn1. The summed E-state index contributed by atoms with van der Waals surface area (Å²) in [5.41, 5.74) is 1.05. The number of halogens is 3. The van der Waals surface area contributed by atoms with Gasteiger partial charge in [0, 0.05) is 26.3 Å². The van der Waals surface area contributed by atoms with Gasteiger partial charge in [-0.3, -0.25) is 9.48 Å². The molecule has 1 atom stereocenters. The number of hydrogen-bond donors (Lipinski definition) is 2. The van der Waals surface area contributed by atoms with Crippen LogP contribution < -0.4 is 10.6 Å². The third-order valence-corrected chi connectivity index (χ3v) is 3.66. The molecule has 2 heterocycles. The Morgan fingerprint density at radius 3 is 2.83 bits per heavy atom. The van der Waals surface area contributed by atoms with E-state index in [1.165, 1.54) is 0 Å². The highest BCUT2D eigenvalue weighted by Gasteiger charge is 2.39. The minimum atomic E-state index is -4.43. The maximum Gasteiger partial charge on any atom is 0.406 e. The van der Waals surface area contributed by atoms with Crippen molar-refractivity contribution in [1.82, 2.24) is 25.3 Å². The van der Waals surface area contributed by atoms with Crippen LogP contribution in [0.25, 0.3) is 0 Å². The molecule has 0 aliphatic carbocycles. The van der Waals surface area contributed by atoms with Crippen molar-refractivity contribution in [3.63, 3.8) is 0 Å². The Kier molecular flexibility index (Phi) is 5.68. The molecule has 1 fully saturated rings. The third kappa shape index (κ3) is 5.43. The Bertz CT molecular complexity index is 587. The van der Waals surface area contributed by atoms with E-state index in [2.05, 4.69) is 15.7 Å². The van der Waals surface area contributed by atoms with Gasteiger partial charge >= 0.3 is 12.2 Å². The molecule has 3 amide bonds. The van der Waals surface area contributed by atoms with Crippen LogP contribution in [0.15, 0.2) is 12.4 Å². The number of aromatic nitrogens is 2. The number of carbonyl (C=O) groups is 2. The van der Waals surface area contributed by atoms with Gasteiger partial charge in [-0.05, 0) is 24.8 Å². The van der Waals surface area contributed by atoms with Crippen molar-refractivity contribution in [2.75, 3.05) is 19.6 Å². The first-order valence-corrected chi connectivity index (χ1v) is 7.62. The lowest BCUT2D eigenvalue weighted by Crippen LogP contribution is -2.47. The Balaban J connectivity index is 1.66. The summed E-state index contributed by atoms with van der Waals surface area (Å²) in [4.78, 5) is 24.2. The Hall–Kier alpha value is -2.26. The van der Waals surface area contributed by atoms with Gasteiger partial charge in [-0.2, -0.15) is 18.3 Å². The van der Waals surface area contributed by atoms with Crippen LogP contribution in [0.1, 0.15) is 18.4 Å². The standard InChI is InChI=1S/C14H20F3N5O2/c1-21-8-10(7-19-21)3-2-5-18-13(24)20-11-4-6-22(12(11)23)9-14(15,16)17/h7-8,11H,2-6,9H2,1H3,(H2,18,20,24)/t11-/m0/s1. The molecule has 0 radical (unpaired) electrons. The van der Waals surface area contributed by atoms with Gasteiger partial charge in [0.05, 0.1) is 6.20 Å². The summed E-state index contributed by atoms with van der Waals surface area (Å²) < 4.78 is 38.6. The highest BCUT2D eigenvalue weighted by molar-refractivity contribution is 5.88. The molecule has 1 aliphatic heterocycles. The minimum absolute atomic E-state index is 0.00963. The molecule has 1 aromatic heterocycles. The normalized spacial score (nSPS) is 18.1. The van der Waals surface area contributed by atoms with Crippen molar-refractivity contribution in [3.05, 3.63) is 18.0 Å². The van der Waals surface area contributed by atoms with Crippen LogP contribution in [0.4, 0.5) is 18.0 Å². The van der Waals surface area contributed by atoms with E-state index in [4.69, 9.17) is 0 Å². The number of alkyl halides is 3. The summed E-state index contributed by atoms with van der Waals surface area (Å²) in [6, 6.07) is -1.45. The molecule has 1 aliphatic rings. The van der Waals surface area contributed by atoms with Gasteiger partial charge in [0.1, 0.15) is 12.6 Å². The van der Waals surface area contributed by atoms with E-state index in [1.54, 1.807) is 10.9 Å². The monoisotopic (exact) mass is 347 g/mol. The summed E-state index contributed by atoms with van der Waals surface area (Å²) in [7, 11) is 1.82. The number of nitrogens with zero attached hydrogens (tertiary/aromatic N) is 3. The minimum Gasteiger partial charge on any atom is -0.338 e. The van der Waals surface area contributed by atoms with E-state index < -0.39 is 30.7 Å². The molecule has 0 spiro atoms. The van der Waals surface area contributed by atoms with Crippen LogP contribution in [-0.4, -0.2) is 58.5 Å². The van der Waals surface area contributed by atoms with Gasteiger partial charge in [0.2, 0.25) is 5.91 Å². The molecule has 0 aromatic carbocycles. The summed E-state index contributed by atoms with van der Waals surface area (Å²) >= 11 is 0. The average Bonchev–Trinajstić information content (AvgIpc) is 3.03. The number of rotatable bonds is 6. The lowest BCUT2D eigenvalue weighted by molar-refractivity contribution is -0.157. The van der Waals surface area contributed by atoms with E-state index in [9.17, 15) is 22.8 Å². The Morgan fingerprint density at radius 2 is 2.21 bits per heavy atom. The number of aryl methyl sites for hydroxylation is 2. The predicted octanol–water partition coefficient (Wildman–Crippen LogP) is 0.815. The number of hydrogen-bond acceptors (Lipinski definition) is 3. The van der Waals surface area contributed by atoms with Gasteiger partial charge in [-0.15, -0.1) is 0 Å². The van der Waals surface area contributed by atoms with Crippen LogP contribution in [0.3, 0.4) is 0 Å². The van der Waals surface area contributed by atoms with Crippen LogP contribution >= 0.6 is 0 Å². The van der Waals surface area contributed by atoms with Crippen LogP contribution in [0, 0.1) is 0 Å². The first-order valence-electron chi connectivity index (χ1n) is 7.62. The lowest BCUT2D eigenvalue weighted by Gasteiger charge is -2.18. The second kappa shape index (κ2) is 7.54. The van der Waals surface area contributed by atoms with Gasteiger partial charge in [-0.25, -0.2) is 4.79 Å². The van der Waals surface area contributed by atoms with Gasteiger partial charge in [-0.1, -0.05) is 0 Å². The molecule has 0 unspecified atom stereocenters. The first-order chi connectivity index (χ1) is 11.2. The highest BCUT2D eigenvalue weighted by atomic mass is 19.4. The van der Waals surface area contributed by atoms with Crippen LogP contribution in [0.5, 0.6) is 0 Å². The van der Waals surface area contributed by atoms with E-state index >= 15 is 0 Å². The van der Waals surface area contributed by atoms with E-state index in [-0.39, 0.29) is 13.0 Å². The number of carbonyl (C=O) groups excluding carboxylic acids is 2. The molecule has 0 saturated carbocycles. The molecule has 24 heavy (non-hydrogen) atoms. The topological polar surface area (TPSA) is 79.3 Å². The van der Waals surface area contributed by atoms with Crippen molar-refractivity contribution in [3.8, 4) is 0 Å². The number of amides is 3. The van der Waals surface area contributed by atoms with Crippen molar-refractivity contribution in [2.45, 2.75) is 31.5 Å². The average molecular weight is 347 g/mol. The van der Waals surface area contributed by atoms with E-state index in [0.717, 1.165) is 12.0 Å². The molecule has 1 aromatic rings. The molecule has 2 rings (SSSR count). The van der Waals surface area contributed by atoms with E-state index in [1.807, 2.05) is 13.2 Å². The molecule has 10 heteroatoms. The summed E-state index contributed by atoms with van der Waals surface area (Å²) in [6.45, 7) is -0.894. The molecule has 1 saturated heterocycles. The Labute approximate surface area is 137 Å². The summed E-state index contributed by atoms with van der Waals surface area (Å²) in [6.07, 6.45) is 0.809. The lowest BCUT2D eigenvalue weighted by atomic mass is 10.2. The number of urea groups is 1. The second-order valence-corrected chi connectivity index (χ2v) is 5.74. The number of likely N-dealkylation sites (tertiary alicyclic amines) is 1.